The Balaban J connectivity index is 2.42. The van der Waals surface area contributed by atoms with Crippen molar-refractivity contribution in [2.45, 2.75) is 45.6 Å². The normalized spacial score (nSPS) is 20.3. The average molecular weight is 440 g/mol. The van der Waals surface area contributed by atoms with Gasteiger partial charge in [0.2, 0.25) is 0 Å². The van der Waals surface area contributed by atoms with Crippen LogP contribution in [-0.4, -0.2) is 36.7 Å². The van der Waals surface area contributed by atoms with E-state index < -0.39 is 28.9 Å². The molecule has 1 atom stereocenters. The number of carbonyl (C=O) groups is 3. The number of cyclic esters (lactones) is 1. The van der Waals surface area contributed by atoms with Gasteiger partial charge >= 0.3 is 17.9 Å². The van der Waals surface area contributed by atoms with Crippen LogP contribution in [0.3, 0.4) is 0 Å². The molecule has 0 radical (unpaired) electrons. The van der Waals surface area contributed by atoms with Gasteiger partial charge in [-0.1, -0.05) is 24.3 Å². The molecule has 2 heterocycles. The number of allylic oxidation sites excluding steroid dienone is 1. The Morgan fingerprint density at radius 2 is 1.88 bits per heavy atom. The van der Waals surface area contributed by atoms with Gasteiger partial charge < -0.3 is 24.8 Å². The number of hydrogen-bond acceptors (Lipinski definition) is 8. The molecule has 2 N–H and O–H groups in total. The van der Waals surface area contributed by atoms with Crippen molar-refractivity contribution in [3.8, 4) is 0 Å². The third-order valence-electron chi connectivity index (χ3n) is 5.19. The topological polar surface area (TPSA) is 108 Å². The molecule has 2 aliphatic heterocycles. The predicted octanol–water partition coefficient (Wildman–Crippen LogP) is 2.84. The van der Waals surface area contributed by atoms with E-state index in [2.05, 4.69) is 6.58 Å². The van der Waals surface area contributed by atoms with E-state index in [0.29, 0.717) is 11.3 Å². The van der Waals surface area contributed by atoms with Crippen LogP contribution in [0.5, 0.6) is 0 Å². The highest BCUT2D eigenvalue weighted by molar-refractivity contribution is 6.16. The molecule has 0 bridgehead atoms. The van der Waals surface area contributed by atoms with Crippen LogP contribution in [-0.2, 0) is 34.0 Å². The number of ether oxygens (including phenoxy) is 3. The Kier molecular flexibility index (Phi) is 5.91. The zero-order valence-corrected chi connectivity index (χ0v) is 19.0. The third-order valence-corrected chi connectivity index (χ3v) is 5.19. The minimum Gasteiger partial charge on any atom is -0.462 e. The summed E-state index contributed by atoms with van der Waals surface area (Å²) >= 11 is 0. The lowest BCUT2D eigenvalue weighted by Gasteiger charge is -2.41. The molecule has 1 spiro atoms. The summed E-state index contributed by atoms with van der Waals surface area (Å²) < 4.78 is 16.4. The summed E-state index contributed by atoms with van der Waals surface area (Å²) in [6.07, 6.45) is 1.62. The van der Waals surface area contributed by atoms with Crippen LogP contribution < -0.4 is 10.6 Å². The van der Waals surface area contributed by atoms with Gasteiger partial charge in [-0.25, -0.2) is 14.4 Å². The second kappa shape index (κ2) is 8.18. The fourth-order valence-corrected chi connectivity index (χ4v) is 4.13. The molecule has 32 heavy (non-hydrogen) atoms. The zero-order chi connectivity index (χ0) is 23.8. The number of benzene rings is 1. The molecule has 1 unspecified atom stereocenters. The van der Waals surface area contributed by atoms with Gasteiger partial charge in [0, 0.05) is 17.8 Å². The summed E-state index contributed by atoms with van der Waals surface area (Å²) in [6.45, 7) is 12.3. The minimum absolute atomic E-state index is 0.0187. The lowest BCUT2D eigenvalue weighted by Crippen LogP contribution is -2.51. The number of nitrogens with two attached hydrogens (primary N) is 1. The van der Waals surface area contributed by atoms with Gasteiger partial charge in [-0.3, -0.25) is 0 Å². The molecule has 0 saturated carbocycles. The second-order valence-electron chi connectivity index (χ2n) is 8.47. The van der Waals surface area contributed by atoms with Crippen LogP contribution in [0.1, 0.15) is 40.2 Å². The molecular weight excluding hydrogens is 412 g/mol. The lowest BCUT2D eigenvalue weighted by molar-refractivity contribution is -0.152. The average Bonchev–Trinajstić information content (AvgIpc) is 2.94. The molecule has 3 rings (SSSR count). The molecule has 0 amide bonds. The van der Waals surface area contributed by atoms with E-state index in [1.165, 1.54) is 6.92 Å². The summed E-state index contributed by atoms with van der Waals surface area (Å²) in [5, 5.41) is 0. The zero-order valence-electron chi connectivity index (χ0n) is 19.0. The molecule has 2 aliphatic rings. The summed E-state index contributed by atoms with van der Waals surface area (Å²) in [7, 11) is 0. The molecular formula is C24H28N2O6. The molecule has 8 nitrogen and oxygen atoms in total. The van der Waals surface area contributed by atoms with Gasteiger partial charge in [0.1, 0.15) is 28.3 Å². The molecule has 1 aromatic rings. The molecule has 0 saturated heterocycles. The van der Waals surface area contributed by atoms with E-state index in [1.54, 1.807) is 62.9 Å². The van der Waals surface area contributed by atoms with Gasteiger partial charge in [0.25, 0.3) is 0 Å². The van der Waals surface area contributed by atoms with Crippen molar-refractivity contribution in [2.24, 2.45) is 5.73 Å². The number of para-hydroxylation sites is 1. The quantitative estimate of drug-likeness (QED) is 0.423. The van der Waals surface area contributed by atoms with Gasteiger partial charge in [-0.2, -0.15) is 0 Å². The summed E-state index contributed by atoms with van der Waals surface area (Å²) in [6, 6.07) is 6.91. The van der Waals surface area contributed by atoms with E-state index >= 15 is 0 Å². The Morgan fingerprint density at radius 1 is 1.22 bits per heavy atom. The number of hydrogen-bond donors (Lipinski definition) is 1. The predicted molar refractivity (Wildman–Crippen MR) is 118 cm³/mol. The Bertz CT molecular complexity index is 1060. The highest BCUT2D eigenvalue weighted by Crippen LogP contribution is 2.54. The standard InChI is InChI=1S/C24H28N2O6/c1-7-13-26-16-12-10-9-11-15(16)24(18(19(26)25)20(27)30-8-2)17(14(3)31-22(24)29)21(28)32-23(4,5)6/h7,9-12H,1,8,13,25H2,2-6H3. The Labute approximate surface area is 187 Å². The van der Waals surface area contributed by atoms with Crippen molar-refractivity contribution in [3.63, 3.8) is 0 Å². The maximum atomic E-state index is 13.5. The maximum Gasteiger partial charge on any atom is 0.339 e. The van der Waals surface area contributed by atoms with Crippen LogP contribution in [0.25, 0.3) is 0 Å². The van der Waals surface area contributed by atoms with Crippen LogP contribution in [0.2, 0.25) is 0 Å². The fourth-order valence-electron chi connectivity index (χ4n) is 4.13. The first kappa shape index (κ1) is 23.1. The van der Waals surface area contributed by atoms with Crippen molar-refractivity contribution in [1.82, 2.24) is 0 Å². The van der Waals surface area contributed by atoms with Crippen molar-refractivity contribution in [3.05, 3.63) is 65.2 Å². The molecule has 0 fully saturated rings. The number of nitrogens with zero attached hydrogens (tertiary/aromatic N) is 1. The van der Waals surface area contributed by atoms with E-state index in [0.717, 1.165) is 0 Å². The van der Waals surface area contributed by atoms with Crippen molar-refractivity contribution < 1.29 is 28.6 Å². The molecule has 0 aliphatic carbocycles. The molecule has 170 valence electrons. The van der Waals surface area contributed by atoms with Crippen LogP contribution >= 0.6 is 0 Å². The van der Waals surface area contributed by atoms with Crippen LogP contribution in [0.4, 0.5) is 5.69 Å². The first-order valence-corrected chi connectivity index (χ1v) is 10.3. The van der Waals surface area contributed by atoms with E-state index in [1.807, 2.05) is 0 Å². The number of carbonyl (C=O) groups excluding carboxylic acids is 3. The summed E-state index contributed by atoms with van der Waals surface area (Å²) in [5.41, 5.74) is 4.37. The van der Waals surface area contributed by atoms with Crippen LogP contribution in [0.15, 0.2) is 59.6 Å². The van der Waals surface area contributed by atoms with Gasteiger partial charge in [-0.15, -0.1) is 6.58 Å². The van der Waals surface area contributed by atoms with Gasteiger partial charge in [-0.05, 0) is 40.7 Å². The van der Waals surface area contributed by atoms with E-state index in [4.69, 9.17) is 19.9 Å². The van der Waals surface area contributed by atoms with Gasteiger partial charge in [0.05, 0.1) is 6.61 Å². The highest BCUT2D eigenvalue weighted by Gasteiger charge is 2.63. The smallest absolute Gasteiger partial charge is 0.339 e. The SMILES string of the molecule is C=CCN1C(N)=C(C(=O)OCC)C2(C(=O)OC(C)=C2C(=O)OC(C)(C)C)c2ccccc21. The second-order valence-corrected chi connectivity index (χ2v) is 8.47. The highest BCUT2D eigenvalue weighted by atomic mass is 16.6. The van der Waals surface area contributed by atoms with E-state index in [9.17, 15) is 14.4 Å². The number of anilines is 1. The Hall–Kier alpha value is -3.55. The molecule has 1 aromatic carbocycles. The number of fused-ring (bicyclic) bond motifs is 2. The summed E-state index contributed by atoms with van der Waals surface area (Å²) in [4.78, 5) is 41.8. The largest absolute Gasteiger partial charge is 0.462 e. The number of rotatable bonds is 5. The minimum atomic E-state index is -1.92. The van der Waals surface area contributed by atoms with Crippen molar-refractivity contribution in [2.75, 3.05) is 18.1 Å². The molecule has 0 aromatic heterocycles. The lowest BCUT2D eigenvalue weighted by atomic mass is 9.66. The van der Waals surface area contributed by atoms with E-state index in [-0.39, 0.29) is 35.9 Å². The third kappa shape index (κ3) is 3.45. The Morgan fingerprint density at radius 3 is 2.47 bits per heavy atom. The first-order valence-electron chi connectivity index (χ1n) is 10.3. The fraction of sp³-hybridized carbons (Fsp3) is 0.375. The van der Waals surface area contributed by atoms with Crippen molar-refractivity contribution >= 4 is 23.6 Å². The van der Waals surface area contributed by atoms with Crippen molar-refractivity contribution in [1.29, 1.82) is 0 Å². The summed E-state index contributed by atoms with van der Waals surface area (Å²) in [5.74, 6) is -2.38. The molecule has 8 heteroatoms. The monoisotopic (exact) mass is 440 g/mol. The van der Waals surface area contributed by atoms with Crippen LogP contribution in [0, 0.1) is 0 Å². The maximum absolute atomic E-state index is 13.5. The first-order chi connectivity index (χ1) is 15.0. The van der Waals surface area contributed by atoms with Gasteiger partial charge in [0.15, 0.2) is 5.41 Å². The number of esters is 3.